The molecule has 1 aliphatic heterocycles. The molecule has 1 aliphatic rings. The third kappa shape index (κ3) is 4.64. The quantitative estimate of drug-likeness (QED) is 0.563. The molecule has 0 radical (unpaired) electrons. The first kappa shape index (κ1) is 18.6. The Morgan fingerprint density at radius 3 is 2.83 bits per heavy atom. The summed E-state index contributed by atoms with van der Waals surface area (Å²) in [6, 6.07) is 3.83. The zero-order valence-corrected chi connectivity index (χ0v) is 16.2. The van der Waals surface area contributed by atoms with Gasteiger partial charge < -0.3 is 4.90 Å². The van der Waals surface area contributed by atoms with E-state index in [1.54, 1.807) is 35.9 Å². The number of rotatable bonds is 6. The Kier molecular flexibility index (Phi) is 6.40. The van der Waals surface area contributed by atoms with Crippen molar-refractivity contribution in [1.82, 2.24) is 9.88 Å². The zero-order chi connectivity index (χ0) is 17.0. The van der Waals surface area contributed by atoms with E-state index in [9.17, 15) is 4.79 Å². The number of carbonyl (C=O) groups excluding carboxylic acids is 1. The average Bonchev–Trinajstić information content (AvgIpc) is 2.90. The van der Waals surface area contributed by atoms with Crippen molar-refractivity contribution in [1.29, 1.82) is 0 Å². The number of alkyl halides is 1. The molecule has 2 rings (SSSR count). The van der Waals surface area contributed by atoms with Gasteiger partial charge in [-0.2, -0.15) is 11.8 Å². The molecule has 23 heavy (non-hydrogen) atoms. The fourth-order valence-electron chi connectivity index (χ4n) is 2.26. The van der Waals surface area contributed by atoms with Crippen LogP contribution in [0, 0.1) is 0 Å². The van der Waals surface area contributed by atoms with Gasteiger partial charge in [-0.25, -0.2) is 0 Å². The summed E-state index contributed by atoms with van der Waals surface area (Å²) in [5.41, 5.74) is 0.509. The molecule has 7 heteroatoms. The smallest absolute Gasteiger partial charge is 0.224 e. The second-order valence-corrected chi connectivity index (χ2v) is 8.94. The molecule has 0 N–H and O–H groups in total. The Bertz CT molecular complexity index is 580. The minimum Gasteiger partial charge on any atom is -0.327 e. The van der Waals surface area contributed by atoms with E-state index in [2.05, 4.69) is 23.8 Å². The van der Waals surface area contributed by atoms with Crippen LogP contribution in [0.15, 0.2) is 29.5 Å². The molecule has 0 spiro atoms. The highest BCUT2D eigenvalue weighted by atomic mass is 35.5. The first-order valence-corrected chi connectivity index (χ1v) is 10.1. The Labute approximate surface area is 151 Å². The molecule has 0 aliphatic carbocycles. The Morgan fingerprint density at radius 1 is 1.52 bits per heavy atom. The van der Waals surface area contributed by atoms with Crippen LogP contribution >= 0.6 is 35.1 Å². The van der Waals surface area contributed by atoms with E-state index in [0.717, 1.165) is 10.6 Å². The molecule has 0 bridgehead atoms. The SMILES string of the molecule is CCN(C(=O)CC(C)(C)SC)C1SC(c2cccnc2)=NC1Cl. The molecular formula is C16H22ClN3OS2. The molecule has 0 saturated carbocycles. The molecule has 0 saturated heterocycles. The largest absolute Gasteiger partial charge is 0.327 e. The summed E-state index contributed by atoms with van der Waals surface area (Å²) in [6.45, 7) is 6.78. The van der Waals surface area contributed by atoms with Crippen LogP contribution in [0.25, 0.3) is 0 Å². The van der Waals surface area contributed by atoms with Crippen molar-refractivity contribution in [3.63, 3.8) is 0 Å². The molecule has 4 nitrogen and oxygen atoms in total. The number of hydrogen-bond donors (Lipinski definition) is 0. The molecule has 2 atom stereocenters. The maximum absolute atomic E-state index is 12.7. The van der Waals surface area contributed by atoms with Crippen LogP contribution in [-0.2, 0) is 4.79 Å². The van der Waals surface area contributed by atoms with Crippen molar-refractivity contribution in [2.45, 2.75) is 42.8 Å². The summed E-state index contributed by atoms with van der Waals surface area (Å²) in [5.74, 6) is 0.123. The lowest BCUT2D eigenvalue weighted by molar-refractivity contribution is -0.132. The molecule has 0 fully saturated rings. The van der Waals surface area contributed by atoms with Crippen LogP contribution in [0.2, 0.25) is 0 Å². The molecular weight excluding hydrogens is 350 g/mol. The van der Waals surface area contributed by atoms with E-state index in [-0.39, 0.29) is 16.0 Å². The summed E-state index contributed by atoms with van der Waals surface area (Å²) in [5, 5.41) is 0.681. The first-order chi connectivity index (χ1) is 10.9. The Morgan fingerprint density at radius 2 is 2.26 bits per heavy atom. The van der Waals surface area contributed by atoms with Crippen LogP contribution in [0.5, 0.6) is 0 Å². The van der Waals surface area contributed by atoms with Crippen molar-refractivity contribution in [3.8, 4) is 0 Å². The number of aliphatic imine (C=N–C) groups is 1. The topological polar surface area (TPSA) is 45.6 Å². The van der Waals surface area contributed by atoms with Crippen LogP contribution < -0.4 is 0 Å². The molecule has 1 aromatic heterocycles. The average molecular weight is 372 g/mol. The predicted molar refractivity (Wildman–Crippen MR) is 101 cm³/mol. The van der Waals surface area contributed by atoms with E-state index in [0.29, 0.717) is 13.0 Å². The summed E-state index contributed by atoms with van der Waals surface area (Å²) < 4.78 is -0.0807. The van der Waals surface area contributed by atoms with Gasteiger partial charge in [-0.1, -0.05) is 37.2 Å². The summed E-state index contributed by atoms with van der Waals surface area (Å²) >= 11 is 9.66. The molecule has 1 aromatic rings. The molecule has 1 amide bonds. The van der Waals surface area contributed by atoms with Crippen LogP contribution in [0.4, 0.5) is 0 Å². The number of nitrogens with zero attached hydrogens (tertiary/aromatic N) is 3. The van der Waals surface area contributed by atoms with Crippen molar-refractivity contribution in [3.05, 3.63) is 30.1 Å². The molecule has 126 valence electrons. The van der Waals surface area contributed by atoms with Crippen molar-refractivity contribution < 1.29 is 4.79 Å². The highest BCUT2D eigenvalue weighted by Gasteiger charge is 2.37. The number of halogens is 1. The lowest BCUT2D eigenvalue weighted by Gasteiger charge is -2.31. The van der Waals surface area contributed by atoms with Crippen molar-refractivity contribution in [2.75, 3.05) is 12.8 Å². The maximum atomic E-state index is 12.7. The van der Waals surface area contributed by atoms with Gasteiger partial charge in [-0.15, -0.1) is 0 Å². The van der Waals surface area contributed by atoms with Gasteiger partial charge in [0.15, 0.2) is 5.50 Å². The second kappa shape index (κ2) is 7.90. The van der Waals surface area contributed by atoms with E-state index < -0.39 is 5.50 Å². The summed E-state index contributed by atoms with van der Waals surface area (Å²) in [6.07, 6.45) is 6.02. The Balaban J connectivity index is 2.10. The van der Waals surface area contributed by atoms with Gasteiger partial charge in [0.05, 0.1) is 0 Å². The van der Waals surface area contributed by atoms with Gasteiger partial charge in [0.1, 0.15) is 10.4 Å². The summed E-state index contributed by atoms with van der Waals surface area (Å²) in [7, 11) is 0. The lowest BCUT2D eigenvalue weighted by Crippen LogP contribution is -2.43. The highest BCUT2D eigenvalue weighted by molar-refractivity contribution is 8.15. The third-order valence-electron chi connectivity index (χ3n) is 3.71. The number of aromatic nitrogens is 1. The van der Waals surface area contributed by atoms with Crippen molar-refractivity contribution >= 4 is 46.1 Å². The van der Waals surface area contributed by atoms with Gasteiger partial charge in [0.2, 0.25) is 5.91 Å². The second-order valence-electron chi connectivity index (χ2n) is 5.88. The number of thioether (sulfide) groups is 2. The van der Waals surface area contributed by atoms with E-state index >= 15 is 0 Å². The minimum atomic E-state index is -0.434. The predicted octanol–water partition coefficient (Wildman–Crippen LogP) is 3.85. The number of pyridine rings is 1. The fraction of sp³-hybridized carbons (Fsp3) is 0.562. The van der Waals surface area contributed by atoms with Crippen LogP contribution in [-0.4, -0.2) is 49.3 Å². The number of hydrogen-bond acceptors (Lipinski definition) is 5. The van der Waals surface area contributed by atoms with Crippen LogP contribution in [0.1, 0.15) is 32.8 Å². The van der Waals surface area contributed by atoms with Gasteiger partial charge in [0.25, 0.3) is 0 Å². The number of carbonyl (C=O) groups is 1. The van der Waals surface area contributed by atoms with E-state index in [1.807, 2.05) is 30.2 Å². The Hall–Kier alpha value is -0.720. The van der Waals surface area contributed by atoms with Gasteiger partial charge in [0, 0.05) is 35.7 Å². The lowest BCUT2D eigenvalue weighted by atomic mass is 10.1. The third-order valence-corrected chi connectivity index (χ3v) is 6.77. The first-order valence-electron chi connectivity index (χ1n) is 7.51. The minimum absolute atomic E-state index is 0.0807. The number of likely N-dealkylation sites (N-methyl/N-ethyl adjacent to an activating group) is 1. The normalized spacial score (nSPS) is 21.2. The maximum Gasteiger partial charge on any atom is 0.224 e. The van der Waals surface area contributed by atoms with Crippen molar-refractivity contribution in [2.24, 2.45) is 4.99 Å². The highest BCUT2D eigenvalue weighted by Crippen LogP contribution is 2.36. The van der Waals surface area contributed by atoms with Gasteiger partial charge in [-0.3, -0.25) is 14.8 Å². The van der Waals surface area contributed by atoms with Gasteiger partial charge >= 0.3 is 0 Å². The van der Waals surface area contributed by atoms with Crippen LogP contribution in [0.3, 0.4) is 0 Å². The zero-order valence-electron chi connectivity index (χ0n) is 13.8. The molecule has 2 unspecified atom stereocenters. The molecule has 0 aromatic carbocycles. The van der Waals surface area contributed by atoms with Gasteiger partial charge in [-0.05, 0) is 25.3 Å². The fourth-order valence-corrected chi connectivity index (χ4v) is 4.20. The monoisotopic (exact) mass is 371 g/mol. The van der Waals surface area contributed by atoms with E-state index in [4.69, 9.17) is 11.6 Å². The molecule has 2 heterocycles. The standard InChI is InChI=1S/C16H22ClN3OS2/c1-5-20(12(21)9-16(2,3)22-4)15-13(17)19-14(23-15)11-7-6-8-18-10-11/h6-8,10,13,15H,5,9H2,1-4H3. The number of amides is 1. The van der Waals surface area contributed by atoms with E-state index in [1.165, 1.54) is 0 Å². The summed E-state index contributed by atoms with van der Waals surface area (Å²) in [4.78, 5) is 23.2.